The van der Waals surface area contributed by atoms with Crippen LogP contribution in [0.3, 0.4) is 0 Å². The minimum atomic E-state index is -0.783. The van der Waals surface area contributed by atoms with Crippen molar-refractivity contribution in [2.24, 2.45) is 18.2 Å². The number of amides is 2. The molecule has 4 aliphatic rings. The van der Waals surface area contributed by atoms with E-state index in [1.807, 2.05) is 44.2 Å². The van der Waals surface area contributed by atoms with E-state index < -0.39 is 12.1 Å². The molecule has 5 N–H and O–H groups in total. The monoisotopic (exact) mass is 926 g/mol. The number of carbonyl (C=O) groups excluding carboxylic acids is 2. The van der Waals surface area contributed by atoms with E-state index in [0.29, 0.717) is 64.4 Å². The number of halogens is 1. The van der Waals surface area contributed by atoms with Crippen LogP contribution >= 0.6 is 0 Å². The highest BCUT2D eigenvalue weighted by atomic mass is 19.1. The number of fused-ring (bicyclic) bond motifs is 3. The number of piperazine rings is 1. The summed E-state index contributed by atoms with van der Waals surface area (Å²) in [5, 5.41) is 17.1. The number of aliphatic hydroxyl groups excluding tert-OH is 1. The molecule has 0 saturated carbocycles. The lowest BCUT2D eigenvalue weighted by atomic mass is 9.90. The second kappa shape index (κ2) is 17.9. The first-order valence-corrected chi connectivity index (χ1v) is 23.7. The number of aryl methyl sites for hydroxylation is 1. The molecule has 0 radical (unpaired) electrons. The van der Waals surface area contributed by atoms with Crippen LogP contribution in [0.25, 0.3) is 11.3 Å². The summed E-state index contributed by atoms with van der Waals surface area (Å²) in [6.45, 7) is 20.1. The maximum Gasteiger partial charge on any atom is 0.293 e. The average molecular weight is 926 g/mol. The van der Waals surface area contributed by atoms with Gasteiger partial charge in [-0.05, 0) is 119 Å². The van der Waals surface area contributed by atoms with E-state index in [4.69, 9.17) is 10.7 Å². The molecule has 2 aromatic carbocycles. The van der Waals surface area contributed by atoms with Gasteiger partial charge in [-0.1, -0.05) is 20.4 Å². The molecule has 2 amide bonds. The molecule has 3 atom stereocenters. The number of benzene rings is 2. The van der Waals surface area contributed by atoms with E-state index in [9.17, 15) is 23.9 Å². The molecule has 3 aromatic heterocycles. The number of aliphatic hydroxyl groups is 1. The van der Waals surface area contributed by atoms with Crippen LogP contribution in [0.4, 0.5) is 38.8 Å². The summed E-state index contributed by atoms with van der Waals surface area (Å²) in [4.78, 5) is 58.9. The number of rotatable bonds is 11. The van der Waals surface area contributed by atoms with Crippen molar-refractivity contribution >= 4 is 46.2 Å². The number of aromatic nitrogens is 4. The molecule has 0 bridgehead atoms. The van der Waals surface area contributed by atoms with Crippen molar-refractivity contribution in [3.05, 3.63) is 118 Å². The quantitative estimate of drug-likeness (QED) is 0.104. The fraction of sp³-hybridized carbons (Fsp3) is 0.442. The summed E-state index contributed by atoms with van der Waals surface area (Å²) in [5.74, 6) is -0.426. The van der Waals surface area contributed by atoms with Gasteiger partial charge in [0.25, 0.3) is 11.5 Å². The number of hydrogen-bond donors (Lipinski definition) is 4. The van der Waals surface area contributed by atoms with Crippen LogP contribution in [-0.4, -0.2) is 91.8 Å². The maximum absolute atomic E-state index is 14.7. The maximum atomic E-state index is 14.7. The SMILES string of the molecule is C=CC(=O)Nc1cc(Nc2nc(-c3ccnc(N4CCn5c(cc6c5CC(C)(C)C6)C4=O)c3CO)cn(C)c2=O)ccc1N1CCN(C2CCN(c3ccc(F)c(C(C)(C)N)c3)[C@@H](C)C2)C[C@@H]1C. The normalized spacial score (nSPS) is 20.6. The van der Waals surface area contributed by atoms with Crippen LogP contribution in [0.1, 0.15) is 87.3 Å². The predicted molar refractivity (Wildman–Crippen MR) is 266 cm³/mol. The molecule has 6 heterocycles. The van der Waals surface area contributed by atoms with Crippen molar-refractivity contribution in [1.29, 1.82) is 0 Å². The first kappa shape index (κ1) is 46.7. The zero-order valence-corrected chi connectivity index (χ0v) is 40.3. The molecular formula is C52H64FN11O4. The Bertz CT molecular complexity index is 2860. The number of nitrogens with two attached hydrogens (primary N) is 1. The third kappa shape index (κ3) is 8.80. The second-order valence-electron chi connectivity index (χ2n) is 20.5. The second-order valence-corrected chi connectivity index (χ2v) is 20.5. The standard InChI is InChI=1S/C52H64FN11O4/c1-9-46(66)57-41-24-34(10-13-43(41)62-19-18-60(28-32(62)3)35-15-17-61(31(2)22-35)36-11-12-40(53)39(25-36)52(6,7)54)56-47-50(68)59(8)29-42(58-47)37-14-16-55-48(38(37)30-65)64-21-20-63-44(49(64)67)23-33-26-51(4,5)27-45(33)63/h9-14,16,23-25,29,31-32,35,65H,1,15,17-22,26-28,30,54H2,2-8H3,(H,56,58)(H,57,66)/t31-,32-,35?/m0/s1. The Labute approximate surface area is 397 Å². The van der Waals surface area contributed by atoms with E-state index in [1.54, 1.807) is 36.5 Å². The van der Waals surface area contributed by atoms with E-state index in [1.165, 1.54) is 28.0 Å². The average Bonchev–Trinajstić information content (AvgIpc) is 3.79. The Kier molecular flexibility index (Phi) is 12.3. The van der Waals surface area contributed by atoms with Gasteiger partial charge in [0.15, 0.2) is 5.82 Å². The Balaban J connectivity index is 0.922. The highest BCUT2D eigenvalue weighted by Crippen LogP contribution is 2.41. The topological polar surface area (TPSA) is 170 Å². The molecule has 9 rings (SSSR count). The van der Waals surface area contributed by atoms with Crippen LogP contribution in [0.15, 0.2) is 78.4 Å². The summed E-state index contributed by atoms with van der Waals surface area (Å²) in [5.41, 5.74) is 13.2. The number of nitrogens with one attached hydrogen (secondary N) is 2. The van der Waals surface area contributed by atoms with Gasteiger partial charge in [-0.15, -0.1) is 0 Å². The molecule has 5 aromatic rings. The molecule has 2 saturated heterocycles. The molecule has 16 heteroatoms. The summed E-state index contributed by atoms with van der Waals surface area (Å²) in [7, 11) is 1.63. The lowest BCUT2D eigenvalue weighted by Gasteiger charge is -2.48. The molecule has 3 aliphatic heterocycles. The number of pyridine rings is 1. The van der Waals surface area contributed by atoms with Gasteiger partial charge in [0.1, 0.15) is 17.3 Å². The van der Waals surface area contributed by atoms with Crippen LogP contribution < -0.4 is 36.6 Å². The van der Waals surface area contributed by atoms with E-state index in [-0.39, 0.29) is 46.5 Å². The highest BCUT2D eigenvalue weighted by molar-refractivity contribution is 6.06. The van der Waals surface area contributed by atoms with Crippen molar-refractivity contribution in [3.63, 3.8) is 0 Å². The third-order valence-electron chi connectivity index (χ3n) is 14.4. The van der Waals surface area contributed by atoms with Gasteiger partial charge in [0, 0.05) is 116 Å². The lowest BCUT2D eigenvalue weighted by molar-refractivity contribution is -0.111. The van der Waals surface area contributed by atoms with Crippen molar-refractivity contribution in [3.8, 4) is 11.3 Å². The zero-order chi connectivity index (χ0) is 48.4. The Morgan fingerprint density at radius 2 is 1.81 bits per heavy atom. The summed E-state index contributed by atoms with van der Waals surface area (Å²) in [6, 6.07) is 15.4. The van der Waals surface area contributed by atoms with Gasteiger partial charge >= 0.3 is 0 Å². The minimum Gasteiger partial charge on any atom is -0.392 e. The van der Waals surface area contributed by atoms with Gasteiger partial charge in [-0.3, -0.25) is 24.2 Å². The molecule has 68 heavy (non-hydrogen) atoms. The summed E-state index contributed by atoms with van der Waals surface area (Å²) < 4.78 is 18.3. The minimum absolute atomic E-state index is 0.0376. The number of hydrogen-bond acceptors (Lipinski definition) is 11. The Morgan fingerprint density at radius 1 is 1.01 bits per heavy atom. The number of carbonyl (C=O) groups is 2. The van der Waals surface area contributed by atoms with Crippen LogP contribution in [0.2, 0.25) is 0 Å². The smallest absolute Gasteiger partial charge is 0.293 e. The predicted octanol–water partition coefficient (Wildman–Crippen LogP) is 6.69. The van der Waals surface area contributed by atoms with Gasteiger partial charge in [0.2, 0.25) is 5.91 Å². The Hall–Kier alpha value is -6.36. The van der Waals surface area contributed by atoms with Gasteiger partial charge < -0.3 is 40.4 Å². The molecule has 1 aliphatic carbocycles. The number of nitrogens with zero attached hydrogens (tertiary/aromatic N) is 8. The van der Waals surface area contributed by atoms with Crippen molar-refractivity contribution in [2.75, 3.05) is 58.1 Å². The summed E-state index contributed by atoms with van der Waals surface area (Å²) >= 11 is 0. The fourth-order valence-electron chi connectivity index (χ4n) is 11.0. The van der Waals surface area contributed by atoms with Crippen molar-refractivity contribution in [1.82, 2.24) is 24.0 Å². The molecule has 2 fully saturated rings. The van der Waals surface area contributed by atoms with Gasteiger partial charge in [-0.25, -0.2) is 14.4 Å². The molecule has 358 valence electrons. The highest BCUT2D eigenvalue weighted by Gasteiger charge is 2.38. The van der Waals surface area contributed by atoms with Crippen LogP contribution in [-0.2, 0) is 43.4 Å². The summed E-state index contributed by atoms with van der Waals surface area (Å²) in [6.07, 6.45) is 8.22. The first-order chi connectivity index (χ1) is 32.3. The third-order valence-corrected chi connectivity index (χ3v) is 14.4. The number of anilines is 6. The Morgan fingerprint density at radius 3 is 2.53 bits per heavy atom. The molecule has 15 nitrogen and oxygen atoms in total. The van der Waals surface area contributed by atoms with Crippen molar-refractivity contribution in [2.45, 2.75) is 104 Å². The zero-order valence-electron chi connectivity index (χ0n) is 40.3. The largest absolute Gasteiger partial charge is 0.392 e. The van der Waals surface area contributed by atoms with Crippen LogP contribution in [0.5, 0.6) is 0 Å². The molecule has 1 unspecified atom stereocenters. The van der Waals surface area contributed by atoms with E-state index in [0.717, 1.165) is 63.2 Å². The van der Waals surface area contributed by atoms with Gasteiger partial charge in [-0.2, -0.15) is 0 Å². The first-order valence-electron chi connectivity index (χ1n) is 23.7. The fourth-order valence-corrected chi connectivity index (χ4v) is 11.0. The van der Waals surface area contributed by atoms with Crippen molar-refractivity contribution < 1.29 is 19.1 Å². The van der Waals surface area contributed by atoms with E-state index >= 15 is 0 Å². The lowest BCUT2D eigenvalue weighted by Crippen LogP contribution is -2.58. The van der Waals surface area contributed by atoms with E-state index in [2.05, 4.69) is 69.2 Å². The van der Waals surface area contributed by atoms with Gasteiger partial charge in [0.05, 0.1) is 23.7 Å². The van der Waals surface area contributed by atoms with Crippen LogP contribution in [0, 0.1) is 11.2 Å². The number of piperidine rings is 1. The molecule has 0 spiro atoms. The molecular weight excluding hydrogens is 862 g/mol.